The van der Waals surface area contributed by atoms with Crippen LogP contribution in [0.2, 0.25) is 5.02 Å². The zero-order valence-corrected chi connectivity index (χ0v) is 9.31. The second kappa shape index (κ2) is 3.57. The number of benzene rings is 1. The molecule has 3 rings (SSSR count). The third kappa shape index (κ3) is 1.69. The Morgan fingerprint density at radius 3 is 3.06 bits per heavy atom. The van der Waals surface area contributed by atoms with E-state index >= 15 is 0 Å². The molecule has 2 aromatic rings. The second-order valence-corrected chi connectivity index (χ2v) is 4.04. The van der Waals surface area contributed by atoms with Crippen molar-refractivity contribution in [3.8, 4) is 11.5 Å². The van der Waals surface area contributed by atoms with Gasteiger partial charge in [0, 0.05) is 11.1 Å². The molecule has 17 heavy (non-hydrogen) atoms. The van der Waals surface area contributed by atoms with Gasteiger partial charge in [0.1, 0.15) is 6.61 Å². The van der Waals surface area contributed by atoms with E-state index in [4.69, 9.17) is 26.8 Å². The van der Waals surface area contributed by atoms with Crippen molar-refractivity contribution < 1.29 is 9.47 Å². The number of halogens is 1. The van der Waals surface area contributed by atoms with Gasteiger partial charge in [0.15, 0.2) is 11.5 Å². The van der Waals surface area contributed by atoms with Crippen LogP contribution in [0.25, 0.3) is 0 Å². The van der Waals surface area contributed by atoms with E-state index in [-0.39, 0.29) is 12.4 Å². The summed E-state index contributed by atoms with van der Waals surface area (Å²) >= 11 is 5.84. The van der Waals surface area contributed by atoms with E-state index in [1.54, 1.807) is 18.2 Å². The number of nitrogens with one attached hydrogen (secondary N) is 1. The van der Waals surface area contributed by atoms with Crippen LogP contribution in [0.4, 0.5) is 0 Å². The van der Waals surface area contributed by atoms with Crippen molar-refractivity contribution in [2.45, 2.75) is 5.72 Å². The molecule has 0 saturated heterocycles. The summed E-state index contributed by atoms with van der Waals surface area (Å²) in [6, 6.07) is 5.02. The Kier molecular flexibility index (Phi) is 2.17. The lowest BCUT2D eigenvalue weighted by Gasteiger charge is -2.32. The molecule has 1 aliphatic heterocycles. The first kappa shape index (κ1) is 10.3. The minimum Gasteiger partial charge on any atom is -0.483 e. The van der Waals surface area contributed by atoms with Gasteiger partial charge in [0.25, 0.3) is 5.72 Å². The molecule has 7 nitrogen and oxygen atoms in total. The monoisotopic (exact) mass is 253 g/mol. The number of aromatic nitrogens is 4. The van der Waals surface area contributed by atoms with Crippen LogP contribution in [0.15, 0.2) is 18.2 Å². The highest BCUT2D eigenvalue weighted by atomic mass is 35.5. The molecule has 0 spiro atoms. The molecule has 3 N–H and O–H groups in total. The van der Waals surface area contributed by atoms with Crippen molar-refractivity contribution in [1.29, 1.82) is 0 Å². The van der Waals surface area contributed by atoms with E-state index in [1.807, 2.05) is 0 Å². The number of hydrogen-bond donors (Lipinski definition) is 2. The Hall–Kier alpha value is -1.86. The average Bonchev–Trinajstić information content (AvgIpc) is 2.84. The molecule has 1 aromatic carbocycles. The van der Waals surface area contributed by atoms with Crippen molar-refractivity contribution in [3.05, 3.63) is 29.0 Å². The lowest BCUT2D eigenvalue weighted by molar-refractivity contribution is -0.0148. The Labute approximate surface area is 101 Å². The highest BCUT2D eigenvalue weighted by Gasteiger charge is 2.39. The molecule has 0 aliphatic carbocycles. The first-order valence-corrected chi connectivity index (χ1v) is 5.19. The summed E-state index contributed by atoms with van der Waals surface area (Å²) in [7, 11) is 0. The van der Waals surface area contributed by atoms with Gasteiger partial charge in [-0.05, 0) is 17.3 Å². The van der Waals surface area contributed by atoms with Crippen molar-refractivity contribution in [3.63, 3.8) is 0 Å². The Morgan fingerprint density at radius 1 is 1.41 bits per heavy atom. The van der Waals surface area contributed by atoms with Crippen LogP contribution in [-0.2, 0) is 5.72 Å². The van der Waals surface area contributed by atoms with Crippen molar-refractivity contribution in [2.24, 2.45) is 5.73 Å². The largest absolute Gasteiger partial charge is 0.483 e. The quantitative estimate of drug-likeness (QED) is 0.765. The topological polar surface area (TPSA) is 98.9 Å². The minimum atomic E-state index is -1.24. The lowest BCUT2D eigenvalue weighted by atomic mass is 10.2. The Balaban J connectivity index is 1.97. The summed E-state index contributed by atoms with van der Waals surface area (Å²) in [4.78, 5) is 0. The van der Waals surface area contributed by atoms with Crippen LogP contribution >= 0.6 is 11.6 Å². The van der Waals surface area contributed by atoms with Gasteiger partial charge in [-0.15, -0.1) is 10.2 Å². The molecule has 8 heteroatoms. The molecule has 1 unspecified atom stereocenters. The lowest BCUT2D eigenvalue weighted by Crippen LogP contribution is -2.51. The summed E-state index contributed by atoms with van der Waals surface area (Å²) in [5.74, 6) is 1.27. The van der Waals surface area contributed by atoms with Crippen LogP contribution in [0.3, 0.4) is 0 Å². The predicted octanol–water partition coefficient (Wildman–Crippen LogP) is 0.436. The summed E-state index contributed by atoms with van der Waals surface area (Å²) in [6.07, 6.45) is 0. The molecule has 0 bridgehead atoms. The maximum atomic E-state index is 6.01. The van der Waals surface area contributed by atoms with E-state index in [1.165, 1.54) is 0 Å². The highest BCUT2D eigenvalue weighted by Crippen LogP contribution is 2.37. The van der Waals surface area contributed by atoms with Gasteiger partial charge in [0.05, 0.1) is 0 Å². The zero-order chi connectivity index (χ0) is 11.9. The smallest absolute Gasteiger partial charge is 0.256 e. The SMILES string of the molecule is NC1(c2nn[nH]n2)COc2cc(Cl)ccc2O1. The van der Waals surface area contributed by atoms with Gasteiger partial charge in [-0.25, -0.2) is 0 Å². The van der Waals surface area contributed by atoms with E-state index in [2.05, 4.69) is 20.6 Å². The first-order valence-electron chi connectivity index (χ1n) is 4.81. The molecule has 2 heterocycles. The number of H-pyrrole nitrogens is 1. The Morgan fingerprint density at radius 2 is 2.29 bits per heavy atom. The fourth-order valence-corrected chi connectivity index (χ4v) is 1.70. The van der Waals surface area contributed by atoms with Gasteiger partial charge in [0.2, 0.25) is 5.82 Å². The summed E-state index contributed by atoms with van der Waals surface area (Å²) < 4.78 is 11.1. The maximum Gasteiger partial charge on any atom is 0.256 e. The van der Waals surface area contributed by atoms with E-state index < -0.39 is 5.72 Å². The number of nitrogens with zero attached hydrogens (tertiary/aromatic N) is 3. The number of rotatable bonds is 1. The summed E-state index contributed by atoms with van der Waals surface area (Å²) in [5, 5.41) is 13.9. The van der Waals surface area contributed by atoms with E-state index in [9.17, 15) is 0 Å². The van der Waals surface area contributed by atoms with Gasteiger partial charge >= 0.3 is 0 Å². The normalized spacial score (nSPS) is 22.5. The van der Waals surface area contributed by atoms with E-state index in [0.29, 0.717) is 16.5 Å². The molecule has 0 fully saturated rings. The van der Waals surface area contributed by atoms with Crippen molar-refractivity contribution in [2.75, 3.05) is 6.61 Å². The average molecular weight is 254 g/mol. The number of fused-ring (bicyclic) bond motifs is 1. The van der Waals surface area contributed by atoms with Crippen molar-refractivity contribution >= 4 is 11.6 Å². The maximum absolute atomic E-state index is 6.01. The third-order valence-corrected chi connectivity index (χ3v) is 2.60. The van der Waals surface area contributed by atoms with Crippen LogP contribution in [0.1, 0.15) is 5.82 Å². The molecule has 0 saturated carbocycles. The van der Waals surface area contributed by atoms with Gasteiger partial charge < -0.3 is 9.47 Å². The fraction of sp³-hybridized carbons (Fsp3) is 0.222. The molecule has 88 valence electrons. The molecule has 1 aromatic heterocycles. The minimum absolute atomic E-state index is 0.0832. The number of ether oxygens (including phenoxy) is 2. The number of tetrazole rings is 1. The van der Waals surface area contributed by atoms with Crippen LogP contribution in [-0.4, -0.2) is 27.2 Å². The second-order valence-electron chi connectivity index (χ2n) is 3.61. The third-order valence-electron chi connectivity index (χ3n) is 2.36. The number of nitrogens with two attached hydrogens (primary N) is 1. The standard InChI is InChI=1S/C9H8ClN5O2/c10-5-1-2-6-7(3-5)16-4-9(11,17-6)8-12-14-15-13-8/h1-3H,4,11H2,(H,12,13,14,15). The van der Waals surface area contributed by atoms with Crippen LogP contribution in [0, 0.1) is 0 Å². The molecule has 1 aliphatic rings. The summed E-state index contributed by atoms with van der Waals surface area (Å²) in [6.45, 7) is 0.0832. The molecular formula is C9H8ClN5O2. The highest BCUT2D eigenvalue weighted by molar-refractivity contribution is 6.30. The van der Waals surface area contributed by atoms with E-state index in [0.717, 1.165) is 0 Å². The van der Waals surface area contributed by atoms with Gasteiger partial charge in [-0.3, -0.25) is 5.73 Å². The fourth-order valence-electron chi connectivity index (χ4n) is 1.54. The van der Waals surface area contributed by atoms with Crippen LogP contribution < -0.4 is 15.2 Å². The van der Waals surface area contributed by atoms with Crippen molar-refractivity contribution in [1.82, 2.24) is 20.6 Å². The van der Waals surface area contributed by atoms with Gasteiger partial charge in [-0.2, -0.15) is 5.21 Å². The number of aromatic amines is 1. The van der Waals surface area contributed by atoms with Crippen LogP contribution in [0.5, 0.6) is 11.5 Å². The summed E-state index contributed by atoms with van der Waals surface area (Å²) in [5.41, 5.74) is 4.77. The predicted molar refractivity (Wildman–Crippen MR) is 57.6 cm³/mol. The molecule has 0 radical (unpaired) electrons. The van der Waals surface area contributed by atoms with Gasteiger partial charge in [-0.1, -0.05) is 11.6 Å². The molecule has 0 amide bonds. The molecular weight excluding hydrogens is 246 g/mol. The molecule has 1 atom stereocenters. The first-order chi connectivity index (χ1) is 8.17. The Bertz CT molecular complexity index is 546. The number of hydrogen-bond acceptors (Lipinski definition) is 6. The zero-order valence-electron chi connectivity index (χ0n) is 8.55.